The maximum atomic E-state index is 12.0. The molecule has 2 aliphatic heterocycles. The molecule has 2 unspecified atom stereocenters. The van der Waals surface area contributed by atoms with Crippen molar-refractivity contribution in [1.29, 1.82) is 5.41 Å². The third-order valence-corrected chi connectivity index (χ3v) is 6.86. The maximum absolute atomic E-state index is 12.0. The van der Waals surface area contributed by atoms with Crippen LogP contribution in [0.25, 0.3) is 0 Å². The van der Waals surface area contributed by atoms with Gasteiger partial charge in [0.1, 0.15) is 11.9 Å². The second-order valence-electron chi connectivity index (χ2n) is 9.36. The van der Waals surface area contributed by atoms with Crippen LogP contribution < -0.4 is 11.1 Å². The fraction of sp³-hybridized carbons (Fsp3) is 0.500. The van der Waals surface area contributed by atoms with Gasteiger partial charge >= 0.3 is 5.97 Å². The van der Waals surface area contributed by atoms with Gasteiger partial charge in [-0.05, 0) is 44.2 Å². The second-order valence-corrected chi connectivity index (χ2v) is 9.36. The van der Waals surface area contributed by atoms with Crippen molar-refractivity contribution >= 4 is 23.2 Å². The number of fused-ring (bicyclic) bond motifs is 1. The quantitative estimate of drug-likeness (QED) is 0.226. The fourth-order valence-electron chi connectivity index (χ4n) is 4.92. The van der Waals surface area contributed by atoms with Gasteiger partial charge in [0.25, 0.3) is 0 Å². The summed E-state index contributed by atoms with van der Waals surface area (Å²) >= 11 is 0. The van der Waals surface area contributed by atoms with E-state index in [9.17, 15) is 9.90 Å². The van der Waals surface area contributed by atoms with Gasteiger partial charge in [0.15, 0.2) is 0 Å². The van der Waals surface area contributed by atoms with Crippen molar-refractivity contribution in [3.8, 4) is 0 Å². The average Bonchev–Trinajstić information content (AvgIpc) is 2.79. The van der Waals surface area contributed by atoms with Gasteiger partial charge in [-0.15, -0.1) is 0 Å². The lowest BCUT2D eigenvalue weighted by molar-refractivity contribution is -0.150. The molecular weight excluding hydrogens is 430 g/mol. The first-order valence-corrected chi connectivity index (χ1v) is 12.2. The first-order chi connectivity index (χ1) is 16.4. The molecule has 0 bridgehead atoms. The number of aryl methyl sites for hydroxylation is 1. The molecule has 2 aromatic rings. The van der Waals surface area contributed by atoms with E-state index in [1.54, 1.807) is 25.1 Å². The third-order valence-electron chi connectivity index (χ3n) is 6.86. The van der Waals surface area contributed by atoms with E-state index in [2.05, 4.69) is 16.4 Å². The molecule has 34 heavy (non-hydrogen) atoms. The normalized spacial score (nSPS) is 19.0. The fourth-order valence-corrected chi connectivity index (χ4v) is 4.92. The Labute approximate surface area is 201 Å². The van der Waals surface area contributed by atoms with E-state index in [-0.39, 0.29) is 6.10 Å². The van der Waals surface area contributed by atoms with Crippen molar-refractivity contribution in [3.05, 3.63) is 53.2 Å². The molecule has 0 saturated carbocycles. The lowest BCUT2D eigenvalue weighted by Crippen LogP contribution is -2.55. The molecule has 1 saturated heterocycles. The predicted octanol–water partition coefficient (Wildman–Crippen LogP) is 3.87. The van der Waals surface area contributed by atoms with Crippen LogP contribution in [0.5, 0.6) is 0 Å². The van der Waals surface area contributed by atoms with E-state index in [0.29, 0.717) is 48.3 Å². The molecule has 8 nitrogen and oxygen atoms in total. The van der Waals surface area contributed by atoms with Gasteiger partial charge in [-0.1, -0.05) is 37.1 Å². The summed E-state index contributed by atoms with van der Waals surface area (Å²) < 4.78 is 5.98. The lowest BCUT2D eigenvalue weighted by atomic mass is 9.95. The number of carbonyl (C=O) groups is 1. The van der Waals surface area contributed by atoms with Crippen LogP contribution in [0, 0.1) is 5.41 Å². The SMILES string of the molecule is CC(=N)c1cccc(C(C(=O)O)N2CC(OCCCCCC3CCc4cccnc4N3)C2)c1N. The first kappa shape index (κ1) is 24.2. The summed E-state index contributed by atoms with van der Waals surface area (Å²) in [7, 11) is 0. The third kappa shape index (κ3) is 5.56. The highest BCUT2D eigenvalue weighted by molar-refractivity contribution is 6.02. The minimum absolute atomic E-state index is 0.0540. The van der Waals surface area contributed by atoms with E-state index >= 15 is 0 Å². The number of hydrogen-bond acceptors (Lipinski definition) is 7. The number of aliphatic carboxylic acids is 1. The molecular formula is C26H35N5O3. The van der Waals surface area contributed by atoms with E-state index < -0.39 is 12.0 Å². The Morgan fingerprint density at radius 1 is 1.29 bits per heavy atom. The largest absolute Gasteiger partial charge is 0.480 e. The van der Waals surface area contributed by atoms with Gasteiger partial charge < -0.3 is 26.3 Å². The van der Waals surface area contributed by atoms with Crippen molar-refractivity contribution in [2.75, 3.05) is 30.7 Å². The van der Waals surface area contributed by atoms with Gasteiger partial charge in [-0.3, -0.25) is 9.69 Å². The number of benzene rings is 1. The van der Waals surface area contributed by atoms with Crippen LogP contribution in [0.1, 0.15) is 61.8 Å². The number of aromatic nitrogens is 1. The number of likely N-dealkylation sites (tertiary alicyclic amines) is 1. The number of carboxylic acid groups (broad SMARTS) is 1. The van der Waals surface area contributed by atoms with Crippen LogP contribution in [0.2, 0.25) is 0 Å². The Kier molecular flexibility index (Phi) is 7.80. The van der Waals surface area contributed by atoms with Crippen molar-refractivity contribution < 1.29 is 14.6 Å². The zero-order chi connectivity index (χ0) is 24.1. The number of unbranched alkanes of at least 4 members (excludes halogenated alkanes) is 2. The number of nitrogens with zero attached hydrogens (tertiary/aromatic N) is 2. The summed E-state index contributed by atoms with van der Waals surface area (Å²) in [5, 5.41) is 21.3. The average molecular weight is 466 g/mol. The Hall–Kier alpha value is -2.97. The topological polar surface area (TPSA) is 125 Å². The van der Waals surface area contributed by atoms with Gasteiger partial charge in [-0.25, -0.2) is 4.98 Å². The minimum atomic E-state index is -0.931. The number of hydrogen-bond donors (Lipinski definition) is 4. The monoisotopic (exact) mass is 465 g/mol. The summed E-state index contributed by atoms with van der Waals surface area (Å²) in [6.45, 7) is 3.50. The van der Waals surface area contributed by atoms with Gasteiger partial charge in [0, 0.05) is 54.5 Å². The zero-order valence-corrected chi connectivity index (χ0v) is 19.8. The number of nitrogen functional groups attached to an aromatic ring is 1. The van der Waals surface area contributed by atoms with Gasteiger partial charge in [0.05, 0.1) is 6.10 Å². The summed E-state index contributed by atoms with van der Waals surface area (Å²) in [6, 6.07) is 9.08. The molecule has 0 radical (unpaired) electrons. The van der Waals surface area contributed by atoms with Crippen LogP contribution in [-0.4, -0.2) is 58.5 Å². The molecule has 1 aromatic carbocycles. The molecule has 1 aromatic heterocycles. The number of nitrogens with two attached hydrogens (primary N) is 1. The van der Waals surface area contributed by atoms with Crippen LogP contribution in [0.15, 0.2) is 36.5 Å². The van der Waals surface area contributed by atoms with Crippen LogP contribution >= 0.6 is 0 Å². The Balaban J connectivity index is 1.15. The molecule has 1 fully saturated rings. The predicted molar refractivity (Wildman–Crippen MR) is 133 cm³/mol. The van der Waals surface area contributed by atoms with Crippen molar-refractivity contribution in [2.24, 2.45) is 0 Å². The Morgan fingerprint density at radius 2 is 2.12 bits per heavy atom. The Bertz CT molecular complexity index is 1020. The highest BCUT2D eigenvalue weighted by atomic mass is 16.5. The highest BCUT2D eigenvalue weighted by Gasteiger charge is 2.38. The van der Waals surface area contributed by atoms with Gasteiger partial charge in [0.2, 0.25) is 0 Å². The molecule has 182 valence electrons. The smallest absolute Gasteiger partial charge is 0.325 e. The number of nitrogens with one attached hydrogen (secondary N) is 2. The molecule has 0 amide bonds. The number of para-hydroxylation sites is 1. The maximum Gasteiger partial charge on any atom is 0.325 e. The highest BCUT2D eigenvalue weighted by Crippen LogP contribution is 2.33. The number of pyridine rings is 1. The second kappa shape index (κ2) is 11.0. The molecule has 0 spiro atoms. The molecule has 2 atom stereocenters. The number of rotatable bonds is 11. The molecule has 8 heteroatoms. The lowest BCUT2D eigenvalue weighted by Gasteiger charge is -2.42. The molecule has 3 heterocycles. The summed E-state index contributed by atoms with van der Waals surface area (Å²) in [4.78, 5) is 18.3. The number of ether oxygens (including phenoxy) is 1. The van der Waals surface area contributed by atoms with Crippen molar-refractivity contribution in [3.63, 3.8) is 0 Å². The van der Waals surface area contributed by atoms with Crippen molar-refractivity contribution in [2.45, 2.75) is 63.6 Å². The number of anilines is 2. The first-order valence-electron chi connectivity index (χ1n) is 12.2. The zero-order valence-electron chi connectivity index (χ0n) is 19.8. The standard InChI is InChI=1S/C26H35N5O3/c1-17(27)21-9-5-10-22(23(21)28)24(26(32)33)31-15-20(16-31)34-14-4-2-3-8-19-12-11-18-7-6-13-29-25(18)30-19/h5-7,9-10,13,19-20,24,27H,2-4,8,11-12,14-16,28H2,1H3,(H,29,30)(H,32,33). The van der Waals surface area contributed by atoms with Crippen LogP contribution in [0.3, 0.4) is 0 Å². The summed E-state index contributed by atoms with van der Waals surface area (Å²) in [5.74, 6) is 0.108. The molecule has 4 rings (SSSR count). The summed E-state index contributed by atoms with van der Waals surface area (Å²) in [6.07, 6.45) is 8.57. The van der Waals surface area contributed by atoms with Crippen LogP contribution in [0.4, 0.5) is 11.5 Å². The number of carboxylic acids is 1. The molecule has 5 N–H and O–H groups in total. The molecule has 2 aliphatic rings. The van der Waals surface area contributed by atoms with E-state index in [0.717, 1.165) is 44.3 Å². The van der Waals surface area contributed by atoms with E-state index in [1.807, 2.05) is 17.2 Å². The molecule has 0 aliphatic carbocycles. The van der Waals surface area contributed by atoms with Crippen molar-refractivity contribution in [1.82, 2.24) is 9.88 Å². The van der Waals surface area contributed by atoms with E-state index in [4.69, 9.17) is 15.9 Å². The van der Waals surface area contributed by atoms with Gasteiger partial charge in [-0.2, -0.15) is 0 Å². The minimum Gasteiger partial charge on any atom is -0.480 e. The summed E-state index contributed by atoms with van der Waals surface area (Å²) in [5.41, 5.74) is 9.35. The van der Waals surface area contributed by atoms with Crippen LogP contribution in [-0.2, 0) is 16.0 Å². The Morgan fingerprint density at radius 3 is 2.88 bits per heavy atom. The van der Waals surface area contributed by atoms with E-state index in [1.165, 1.54) is 5.56 Å².